The highest BCUT2D eigenvalue weighted by Gasteiger charge is 2.35. The van der Waals surface area contributed by atoms with Crippen LogP contribution in [0.2, 0.25) is 0 Å². The van der Waals surface area contributed by atoms with E-state index in [0.29, 0.717) is 31.9 Å². The van der Waals surface area contributed by atoms with Gasteiger partial charge in [-0.2, -0.15) is 0 Å². The molecule has 9 heteroatoms. The van der Waals surface area contributed by atoms with Crippen molar-refractivity contribution in [3.63, 3.8) is 0 Å². The van der Waals surface area contributed by atoms with Crippen LogP contribution < -0.4 is 19.6 Å². The van der Waals surface area contributed by atoms with Gasteiger partial charge in [-0.15, -0.1) is 0 Å². The van der Waals surface area contributed by atoms with Crippen molar-refractivity contribution in [1.29, 1.82) is 0 Å². The molecule has 200 valence electrons. The highest BCUT2D eigenvalue weighted by atomic mass is 32.1. The quantitative estimate of drug-likeness (QED) is 0.433. The minimum atomic E-state index is -0.712. The maximum absolute atomic E-state index is 14.0. The summed E-state index contributed by atoms with van der Waals surface area (Å²) in [6, 6.07) is 8.82. The second-order valence-electron chi connectivity index (χ2n) is 9.62. The Morgan fingerprint density at radius 1 is 1.26 bits per heavy atom. The van der Waals surface area contributed by atoms with E-state index in [2.05, 4.69) is 29.5 Å². The zero-order valence-corrected chi connectivity index (χ0v) is 23.3. The maximum Gasteiger partial charge on any atom is 0.338 e. The molecule has 0 aliphatic carbocycles. The summed E-state index contributed by atoms with van der Waals surface area (Å²) < 4.78 is 21.3. The van der Waals surface area contributed by atoms with Crippen LogP contribution in [0.3, 0.4) is 0 Å². The molecule has 4 heterocycles. The van der Waals surface area contributed by atoms with Gasteiger partial charge >= 0.3 is 5.97 Å². The van der Waals surface area contributed by atoms with Crippen molar-refractivity contribution in [2.24, 2.45) is 4.99 Å². The fourth-order valence-corrected chi connectivity index (χ4v) is 6.40. The van der Waals surface area contributed by atoms with Crippen LogP contribution in [-0.2, 0) is 20.8 Å². The number of ether oxygens (including phenoxy) is 3. The van der Waals surface area contributed by atoms with Gasteiger partial charge in [0.25, 0.3) is 5.56 Å². The Morgan fingerprint density at radius 3 is 2.76 bits per heavy atom. The van der Waals surface area contributed by atoms with Crippen LogP contribution in [-0.4, -0.2) is 41.5 Å². The van der Waals surface area contributed by atoms with Crippen LogP contribution in [0.25, 0.3) is 6.08 Å². The van der Waals surface area contributed by atoms with E-state index in [-0.39, 0.29) is 18.3 Å². The maximum atomic E-state index is 14.0. The van der Waals surface area contributed by atoms with E-state index in [0.717, 1.165) is 42.9 Å². The summed E-state index contributed by atoms with van der Waals surface area (Å²) >= 11 is 1.32. The number of aryl methyl sites for hydroxylation is 1. The molecule has 1 aromatic carbocycles. The molecule has 2 aliphatic rings. The standard InChI is InChI=1S/C29H33N3O5S/c1-6-36-28(34)25-18(3)30-29-32(26(25)22-11-7-8-12-23(22)35-5)27(33)24(38-29)15-20-14-17(2)31(19(20)4)16-21-10-9-13-37-21/h7-8,11-12,14-15,21,26H,6,9-10,13,16H2,1-5H3/b24-15-/t21-,26+/m0/s1. The molecule has 0 unspecified atom stereocenters. The predicted octanol–water partition coefficient (Wildman–Crippen LogP) is 3.40. The van der Waals surface area contributed by atoms with E-state index in [1.54, 1.807) is 25.5 Å². The number of fused-ring (bicyclic) bond motifs is 1. The molecule has 0 amide bonds. The molecule has 2 aromatic heterocycles. The summed E-state index contributed by atoms with van der Waals surface area (Å²) in [7, 11) is 1.58. The lowest BCUT2D eigenvalue weighted by Gasteiger charge is -2.25. The number of benzene rings is 1. The van der Waals surface area contributed by atoms with Crippen LogP contribution in [0.4, 0.5) is 0 Å². The third-order valence-corrected chi connectivity index (χ3v) is 8.24. The van der Waals surface area contributed by atoms with Gasteiger partial charge < -0.3 is 18.8 Å². The van der Waals surface area contributed by atoms with Gasteiger partial charge in [-0.3, -0.25) is 9.36 Å². The number of carbonyl (C=O) groups is 1. The summed E-state index contributed by atoms with van der Waals surface area (Å²) in [4.78, 5) is 32.3. The first-order valence-electron chi connectivity index (χ1n) is 12.9. The number of rotatable bonds is 7. The van der Waals surface area contributed by atoms with E-state index in [1.165, 1.54) is 11.3 Å². The molecule has 0 bridgehead atoms. The summed E-state index contributed by atoms with van der Waals surface area (Å²) in [5, 5.41) is 0. The lowest BCUT2D eigenvalue weighted by atomic mass is 9.95. The minimum absolute atomic E-state index is 0.206. The van der Waals surface area contributed by atoms with Crippen molar-refractivity contribution in [1.82, 2.24) is 9.13 Å². The lowest BCUT2D eigenvalue weighted by Crippen LogP contribution is -2.40. The molecule has 38 heavy (non-hydrogen) atoms. The Hall–Kier alpha value is -3.43. The fourth-order valence-electron chi connectivity index (χ4n) is 5.37. The fraction of sp³-hybridized carbons (Fsp3) is 0.414. The summed E-state index contributed by atoms with van der Waals surface area (Å²) in [6.07, 6.45) is 4.32. The normalized spacial score (nSPS) is 19.4. The van der Waals surface area contributed by atoms with E-state index in [1.807, 2.05) is 30.3 Å². The molecule has 2 aliphatic heterocycles. The molecule has 0 radical (unpaired) electrons. The largest absolute Gasteiger partial charge is 0.496 e. The third-order valence-electron chi connectivity index (χ3n) is 7.26. The highest BCUT2D eigenvalue weighted by molar-refractivity contribution is 7.07. The van der Waals surface area contributed by atoms with Gasteiger partial charge in [-0.25, -0.2) is 9.79 Å². The Morgan fingerprint density at radius 2 is 2.05 bits per heavy atom. The van der Waals surface area contributed by atoms with Gasteiger partial charge in [0.15, 0.2) is 4.80 Å². The SMILES string of the molecule is CCOC(=O)C1=C(C)N=c2s/c(=C\c3cc(C)n(C[C@@H]4CCCO4)c3C)c(=O)n2[C@@H]1c1ccccc1OC. The first-order valence-corrected chi connectivity index (χ1v) is 13.8. The van der Waals surface area contributed by atoms with Gasteiger partial charge in [0.05, 0.1) is 35.6 Å². The molecule has 0 N–H and O–H groups in total. The number of esters is 1. The smallest absolute Gasteiger partial charge is 0.338 e. The first-order chi connectivity index (χ1) is 18.3. The molecule has 0 saturated carbocycles. The zero-order chi connectivity index (χ0) is 27.0. The van der Waals surface area contributed by atoms with Crippen molar-refractivity contribution in [3.8, 4) is 5.75 Å². The number of hydrogen-bond donors (Lipinski definition) is 0. The first kappa shape index (κ1) is 26.2. The zero-order valence-electron chi connectivity index (χ0n) is 22.4. The number of thiazole rings is 1. The van der Waals surface area contributed by atoms with Gasteiger partial charge in [0.1, 0.15) is 11.8 Å². The van der Waals surface area contributed by atoms with Crippen molar-refractivity contribution < 1.29 is 19.0 Å². The van der Waals surface area contributed by atoms with E-state index in [4.69, 9.17) is 14.2 Å². The number of carbonyl (C=O) groups excluding carboxylic acids is 1. The molecular weight excluding hydrogens is 502 g/mol. The van der Waals surface area contributed by atoms with E-state index >= 15 is 0 Å². The van der Waals surface area contributed by atoms with Gasteiger partial charge in [-0.05, 0) is 64.3 Å². The summed E-state index contributed by atoms with van der Waals surface area (Å²) in [5.41, 5.74) is 4.57. The number of methoxy groups -OCH3 is 1. The Labute approximate surface area is 225 Å². The van der Waals surface area contributed by atoms with Crippen LogP contribution in [0, 0.1) is 13.8 Å². The molecular formula is C29H33N3O5S. The summed E-state index contributed by atoms with van der Waals surface area (Å²) in [5.74, 6) is 0.0952. The predicted molar refractivity (Wildman–Crippen MR) is 146 cm³/mol. The average molecular weight is 536 g/mol. The lowest BCUT2D eigenvalue weighted by molar-refractivity contribution is -0.139. The van der Waals surface area contributed by atoms with Crippen LogP contribution in [0.15, 0.2) is 51.4 Å². The van der Waals surface area contributed by atoms with Crippen LogP contribution in [0.5, 0.6) is 5.75 Å². The number of hydrogen-bond acceptors (Lipinski definition) is 7. The molecule has 1 fully saturated rings. The molecule has 1 saturated heterocycles. The summed E-state index contributed by atoms with van der Waals surface area (Å²) in [6.45, 7) is 9.55. The molecule has 5 rings (SSSR count). The van der Waals surface area contributed by atoms with Gasteiger partial charge in [0.2, 0.25) is 0 Å². The molecule has 0 spiro atoms. The molecule has 2 atom stereocenters. The van der Waals surface area contributed by atoms with Crippen LogP contribution in [0.1, 0.15) is 55.2 Å². The highest BCUT2D eigenvalue weighted by Crippen LogP contribution is 2.35. The minimum Gasteiger partial charge on any atom is -0.496 e. The second kappa shape index (κ2) is 10.7. The average Bonchev–Trinajstić information content (AvgIpc) is 3.59. The monoisotopic (exact) mass is 535 g/mol. The van der Waals surface area contributed by atoms with Gasteiger partial charge in [-0.1, -0.05) is 29.5 Å². The van der Waals surface area contributed by atoms with Gasteiger partial charge in [0, 0.05) is 30.1 Å². The third kappa shape index (κ3) is 4.65. The number of nitrogens with zero attached hydrogens (tertiary/aromatic N) is 3. The van der Waals surface area contributed by atoms with Crippen molar-refractivity contribution in [2.75, 3.05) is 20.3 Å². The topological polar surface area (TPSA) is 84.0 Å². The number of aromatic nitrogens is 2. The van der Waals surface area contributed by atoms with E-state index < -0.39 is 12.0 Å². The Balaban J connectivity index is 1.66. The van der Waals surface area contributed by atoms with Crippen LogP contribution >= 0.6 is 11.3 Å². The number of para-hydroxylation sites is 1. The second-order valence-corrected chi connectivity index (χ2v) is 10.6. The van der Waals surface area contributed by atoms with Crippen molar-refractivity contribution in [3.05, 3.63) is 83.8 Å². The number of allylic oxidation sites excluding steroid dienone is 1. The Kier molecular flexibility index (Phi) is 7.40. The van der Waals surface area contributed by atoms with Crippen molar-refractivity contribution in [2.45, 2.75) is 59.2 Å². The molecule has 8 nitrogen and oxygen atoms in total. The van der Waals surface area contributed by atoms with E-state index in [9.17, 15) is 9.59 Å². The van der Waals surface area contributed by atoms with Crippen molar-refractivity contribution >= 4 is 23.4 Å². The molecule has 3 aromatic rings. The Bertz CT molecular complexity index is 1590.